The van der Waals surface area contributed by atoms with Crippen LogP contribution < -0.4 is 0 Å². The third-order valence-corrected chi connectivity index (χ3v) is 3.08. The minimum absolute atomic E-state index is 0.477. The Labute approximate surface area is 58.3 Å². The van der Waals surface area contributed by atoms with Gasteiger partial charge in [-0.3, -0.25) is 4.99 Å². The highest BCUT2D eigenvalue weighted by Crippen LogP contribution is 2.32. The summed E-state index contributed by atoms with van der Waals surface area (Å²) in [6.07, 6.45) is 0. The molecule has 0 aromatic rings. The molecule has 1 rings (SSSR count). The standard InChI is InChI=1S/C5H9NS2/c1-4(2)6-5-7-3-8-5/h4H,3H2,1-2H3. The van der Waals surface area contributed by atoms with E-state index in [9.17, 15) is 0 Å². The van der Waals surface area contributed by atoms with Crippen LogP contribution in [0.5, 0.6) is 0 Å². The van der Waals surface area contributed by atoms with Gasteiger partial charge in [0.15, 0.2) is 0 Å². The summed E-state index contributed by atoms with van der Waals surface area (Å²) in [5.74, 6) is 0. The van der Waals surface area contributed by atoms with E-state index in [2.05, 4.69) is 18.8 Å². The van der Waals surface area contributed by atoms with Gasteiger partial charge in [0, 0.05) is 6.04 Å². The van der Waals surface area contributed by atoms with E-state index in [-0.39, 0.29) is 0 Å². The second-order valence-electron chi connectivity index (χ2n) is 1.90. The van der Waals surface area contributed by atoms with Crippen LogP contribution in [-0.4, -0.2) is 15.5 Å². The second-order valence-corrected chi connectivity index (χ2v) is 4.45. The van der Waals surface area contributed by atoms with E-state index in [4.69, 9.17) is 0 Å². The van der Waals surface area contributed by atoms with Crippen molar-refractivity contribution in [2.45, 2.75) is 19.9 Å². The molecule has 1 aliphatic rings. The third kappa shape index (κ3) is 1.71. The Hall–Kier alpha value is 0.370. The summed E-state index contributed by atoms with van der Waals surface area (Å²) >= 11 is 3.69. The first-order valence-electron chi connectivity index (χ1n) is 2.62. The van der Waals surface area contributed by atoms with Crippen molar-refractivity contribution >= 4 is 27.9 Å². The summed E-state index contributed by atoms with van der Waals surface area (Å²) < 4.78 is 1.26. The maximum absolute atomic E-state index is 4.33. The zero-order valence-corrected chi connectivity index (χ0v) is 6.68. The molecule has 46 valence electrons. The molecule has 0 aliphatic carbocycles. The lowest BCUT2D eigenvalue weighted by atomic mass is 10.4. The molecule has 0 bridgehead atoms. The number of nitrogens with zero attached hydrogens (tertiary/aromatic N) is 1. The van der Waals surface area contributed by atoms with E-state index in [0.717, 1.165) is 0 Å². The lowest BCUT2D eigenvalue weighted by Gasteiger charge is -2.13. The van der Waals surface area contributed by atoms with Gasteiger partial charge in [0.2, 0.25) is 0 Å². The third-order valence-electron chi connectivity index (χ3n) is 0.728. The zero-order valence-electron chi connectivity index (χ0n) is 5.05. The van der Waals surface area contributed by atoms with Crippen LogP contribution in [0.1, 0.15) is 13.8 Å². The molecule has 0 unspecified atom stereocenters. The molecule has 0 amide bonds. The summed E-state index contributed by atoms with van der Waals surface area (Å²) in [5, 5.41) is 1.20. The number of aliphatic imine (C=N–C) groups is 1. The van der Waals surface area contributed by atoms with Crippen molar-refractivity contribution in [2.24, 2.45) is 4.99 Å². The highest BCUT2D eigenvalue weighted by Gasteiger charge is 2.11. The molecular formula is C5H9NS2. The Morgan fingerprint density at radius 2 is 2.12 bits per heavy atom. The maximum Gasteiger partial charge on any atom is 0.126 e. The van der Waals surface area contributed by atoms with Gasteiger partial charge in [-0.05, 0) is 13.8 Å². The van der Waals surface area contributed by atoms with Crippen LogP contribution in [0.25, 0.3) is 0 Å². The van der Waals surface area contributed by atoms with Crippen molar-refractivity contribution in [1.82, 2.24) is 0 Å². The molecule has 0 saturated carbocycles. The SMILES string of the molecule is CC(C)N=C1SCS1. The molecule has 1 aliphatic heterocycles. The summed E-state index contributed by atoms with van der Waals surface area (Å²) in [5.41, 5.74) is 0. The van der Waals surface area contributed by atoms with Crippen LogP contribution in [0.4, 0.5) is 0 Å². The summed E-state index contributed by atoms with van der Waals surface area (Å²) in [6.45, 7) is 4.21. The van der Waals surface area contributed by atoms with Crippen LogP contribution in [0, 0.1) is 0 Å². The maximum atomic E-state index is 4.33. The molecule has 1 nitrogen and oxygen atoms in total. The van der Waals surface area contributed by atoms with Crippen LogP contribution in [0.15, 0.2) is 4.99 Å². The van der Waals surface area contributed by atoms with Crippen molar-refractivity contribution in [1.29, 1.82) is 0 Å². The molecule has 8 heavy (non-hydrogen) atoms. The summed E-state index contributed by atoms with van der Waals surface area (Å²) in [6, 6.07) is 0.477. The van der Waals surface area contributed by atoms with E-state index in [1.807, 2.05) is 23.5 Å². The van der Waals surface area contributed by atoms with Crippen LogP contribution >= 0.6 is 23.5 Å². The van der Waals surface area contributed by atoms with E-state index < -0.39 is 0 Å². The minimum Gasteiger partial charge on any atom is -0.269 e. The van der Waals surface area contributed by atoms with Crippen molar-refractivity contribution in [3.05, 3.63) is 0 Å². The highest BCUT2D eigenvalue weighted by atomic mass is 32.3. The van der Waals surface area contributed by atoms with Gasteiger partial charge in [-0.2, -0.15) is 0 Å². The Balaban J connectivity index is 2.30. The first kappa shape index (κ1) is 6.49. The fraction of sp³-hybridized carbons (Fsp3) is 0.800. The molecule has 1 heterocycles. The minimum atomic E-state index is 0.477. The van der Waals surface area contributed by atoms with E-state index in [1.165, 1.54) is 9.46 Å². The Kier molecular flexibility index (Phi) is 2.26. The van der Waals surface area contributed by atoms with Gasteiger partial charge in [0.1, 0.15) is 4.38 Å². The van der Waals surface area contributed by atoms with Gasteiger partial charge in [-0.1, -0.05) is 23.5 Å². The van der Waals surface area contributed by atoms with Crippen LogP contribution in [0.3, 0.4) is 0 Å². The van der Waals surface area contributed by atoms with Crippen molar-refractivity contribution in [3.8, 4) is 0 Å². The predicted octanol–water partition coefficient (Wildman–Crippen LogP) is 2.19. The number of rotatable bonds is 1. The van der Waals surface area contributed by atoms with E-state index in [0.29, 0.717) is 6.04 Å². The van der Waals surface area contributed by atoms with Crippen LogP contribution in [0.2, 0.25) is 0 Å². The average Bonchev–Trinajstić information content (AvgIpc) is 1.55. The Morgan fingerprint density at radius 1 is 1.50 bits per heavy atom. The second kappa shape index (κ2) is 2.78. The molecule has 0 atom stereocenters. The predicted molar refractivity (Wildman–Crippen MR) is 42.6 cm³/mol. The first-order valence-corrected chi connectivity index (χ1v) is 4.59. The van der Waals surface area contributed by atoms with Crippen molar-refractivity contribution < 1.29 is 0 Å². The summed E-state index contributed by atoms with van der Waals surface area (Å²) in [7, 11) is 0. The molecule has 0 spiro atoms. The molecular weight excluding hydrogens is 138 g/mol. The van der Waals surface area contributed by atoms with Gasteiger partial charge in [-0.25, -0.2) is 0 Å². The fourth-order valence-corrected chi connectivity index (χ4v) is 1.86. The smallest absolute Gasteiger partial charge is 0.126 e. The molecule has 1 fully saturated rings. The number of hydrogen-bond donors (Lipinski definition) is 0. The first-order chi connectivity index (χ1) is 3.79. The fourth-order valence-electron chi connectivity index (χ4n) is 0.397. The van der Waals surface area contributed by atoms with E-state index >= 15 is 0 Å². The van der Waals surface area contributed by atoms with Gasteiger partial charge in [0.25, 0.3) is 0 Å². The van der Waals surface area contributed by atoms with E-state index in [1.54, 1.807) is 0 Å². The molecule has 0 N–H and O–H groups in total. The van der Waals surface area contributed by atoms with Crippen molar-refractivity contribution in [3.63, 3.8) is 0 Å². The topological polar surface area (TPSA) is 12.4 Å². The van der Waals surface area contributed by atoms with Gasteiger partial charge >= 0.3 is 0 Å². The lowest BCUT2D eigenvalue weighted by molar-refractivity contribution is 0.842. The number of hydrogen-bond acceptors (Lipinski definition) is 3. The van der Waals surface area contributed by atoms with Gasteiger partial charge in [0.05, 0.1) is 5.08 Å². The Morgan fingerprint density at radius 3 is 2.25 bits per heavy atom. The molecule has 0 aromatic heterocycles. The number of thioether (sulfide) groups is 2. The molecule has 1 saturated heterocycles. The monoisotopic (exact) mass is 147 g/mol. The summed E-state index contributed by atoms with van der Waals surface area (Å²) in [4.78, 5) is 4.33. The molecule has 0 radical (unpaired) electrons. The molecule has 0 aromatic carbocycles. The lowest BCUT2D eigenvalue weighted by Crippen LogP contribution is -2.02. The van der Waals surface area contributed by atoms with Gasteiger partial charge < -0.3 is 0 Å². The zero-order chi connectivity index (χ0) is 5.98. The Bertz CT molecular complexity index is 103. The molecule has 3 heteroatoms. The highest BCUT2D eigenvalue weighted by molar-refractivity contribution is 8.52. The average molecular weight is 147 g/mol. The largest absolute Gasteiger partial charge is 0.269 e. The van der Waals surface area contributed by atoms with Crippen LogP contribution in [-0.2, 0) is 0 Å². The van der Waals surface area contributed by atoms with Gasteiger partial charge in [-0.15, -0.1) is 0 Å². The quantitative estimate of drug-likeness (QED) is 0.563. The normalized spacial score (nSPS) is 18.6. The van der Waals surface area contributed by atoms with Crippen molar-refractivity contribution in [2.75, 3.05) is 5.08 Å².